The van der Waals surface area contributed by atoms with Crippen LogP contribution in [-0.4, -0.2) is 66.5 Å². The number of carbonyl (C=O) groups is 1. The molecule has 40 heavy (non-hydrogen) atoms. The zero-order chi connectivity index (χ0) is 28.4. The lowest BCUT2D eigenvalue weighted by Gasteiger charge is -2.59. The molecular weight excluding hydrogens is 510 g/mol. The molecule has 0 aliphatic carbocycles. The van der Waals surface area contributed by atoms with E-state index in [0.717, 1.165) is 30.8 Å². The second kappa shape index (κ2) is 11.8. The minimum atomic E-state index is -0.757. The van der Waals surface area contributed by atoms with Gasteiger partial charge >= 0.3 is 5.97 Å². The standard InChI is InChI=1S/C32H43NO7/c1-6-31(7-2)22-32(38-20-28(39-32)19-37-29(34)25-11-9-8-10-12-25)21-30(4,5)33(31)40-23(3)24-13-15-26(16-14-24)35-17-27-18-36-27/h8-16,23,27-28H,6-7,17-22H2,1-5H3. The summed E-state index contributed by atoms with van der Waals surface area (Å²) < 4.78 is 29.6. The van der Waals surface area contributed by atoms with Crippen molar-refractivity contribution in [2.75, 3.05) is 26.4 Å². The Morgan fingerprint density at radius 2 is 1.68 bits per heavy atom. The highest BCUT2D eigenvalue weighted by atomic mass is 16.8. The number of esters is 1. The topological polar surface area (TPSA) is 79.0 Å². The number of benzene rings is 2. The molecular formula is C32H43NO7. The summed E-state index contributed by atoms with van der Waals surface area (Å²) in [5.41, 5.74) is 0.948. The SMILES string of the molecule is CCC1(CC)CC2(CC(C)(C)N1OC(C)c1ccc(OCC3CO3)cc1)OCC(COC(=O)c1ccccc1)O2. The smallest absolute Gasteiger partial charge is 0.338 e. The number of nitrogens with zero attached hydrogens (tertiary/aromatic N) is 1. The van der Waals surface area contributed by atoms with Crippen LogP contribution in [0.5, 0.6) is 5.75 Å². The number of piperidine rings is 1. The Bertz CT molecular complexity index is 1130. The van der Waals surface area contributed by atoms with E-state index in [1.807, 2.05) is 30.3 Å². The minimum absolute atomic E-state index is 0.151. The quantitative estimate of drug-likeness (QED) is 0.253. The van der Waals surface area contributed by atoms with Crippen molar-refractivity contribution in [3.8, 4) is 5.75 Å². The van der Waals surface area contributed by atoms with Gasteiger partial charge in [-0.05, 0) is 63.4 Å². The number of hydroxylamine groups is 2. The van der Waals surface area contributed by atoms with Gasteiger partial charge < -0.3 is 23.7 Å². The number of ether oxygens (including phenoxy) is 5. The lowest BCUT2D eigenvalue weighted by Crippen LogP contribution is -2.67. The lowest BCUT2D eigenvalue weighted by atomic mass is 9.73. The van der Waals surface area contributed by atoms with E-state index < -0.39 is 5.79 Å². The first-order valence-electron chi connectivity index (χ1n) is 14.5. The molecule has 2 aromatic carbocycles. The van der Waals surface area contributed by atoms with Crippen molar-refractivity contribution >= 4 is 5.97 Å². The van der Waals surface area contributed by atoms with Crippen LogP contribution in [0.25, 0.3) is 0 Å². The molecule has 4 atom stereocenters. The summed E-state index contributed by atoms with van der Waals surface area (Å²) in [5.74, 6) is -0.273. The third kappa shape index (κ3) is 6.37. The highest BCUT2D eigenvalue weighted by Crippen LogP contribution is 2.52. The first-order chi connectivity index (χ1) is 19.2. The molecule has 0 N–H and O–H groups in total. The van der Waals surface area contributed by atoms with Crippen molar-refractivity contribution in [2.45, 2.75) is 95.5 Å². The highest BCUT2D eigenvalue weighted by molar-refractivity contribution is 5.89. The van der Waals surface area contributed by atoms with E-state index in [0.29, 0.717) is 31.6 Å². The van der Waals surface area contributed by atoms with Crippen LogP contribution in [0.4, 0.5) is 0 Å². The Morgan fingerprint density at radius 1 is 0.975 bits per heavy atom. The maximum absolute atomic E-state index is 12.5. The van der Waals surface area contributed by atoms with Crippen LogP contribution < -0.4 is 4.74 Å². The zero-order valence-corrected chi connectivity index (χ0v) is 24.4. The molecule has 0 amide bonds. The van der Waals surface area contributed by atoms with Crippen molar-refractivity contribution in [3.63, 3.8) is 0 Å². The van der Waals surface area contributed by atoms with E-state index in [1.165, 1.54) is 0 Å². The molecule has 0 radical (unpaired) electrons. The van der Waals surface area contributed by atoms with Gasteiger partial charge in [0.15, 0.2) is 5.79 Å². The maximum atomic E-state index is 12.5. The van der Waals surface area contributed by atoms with Gasteiger partial charge in [0.25, 0.3) is 0 Å². The first kappa shape index (κ1) is 29.0. The molecule has 0 aromatic heterocycles. The molecule has 3 fully saturated rings. The summed E-state index contributed by atoms with van der Waals surface area (Å²) in [5, 5.41) is 2.21. The summed E-state index contributed by atoms with van der Waals surface area (Å²) in [6.45, 7) is 12.8. The average Bonchev–Trinajstić information content (AvgIpc) is 3.72. The van der Waals surface area contributed by atoms with Gasteiger partial charge in [-0.15, -0.1) is 0 Å². The van der Waals surface area contributed by atoms with E-state index in [2.05, 4.69) is 51.8 Å². The molecule has 3 aliphatic heterocycles. The van der Waals surface area contributed by atoms with Crippen molar-refractivity contribution in [3.05, 3.63) is 65.7 Å². The molecule has 8 nitrogen and oxygen atoms in total. The van der Waals surface area contributed by atoms with E-state index in [9.17, 15) is 4.79 Å². The number of hydrogen-bond donors (Lipinski definition) is 0. The molecule has 5 rings (SSSR count). The Hall–Kier alpha value is -2.49. The number of rotatable bonds is 11. The molecule has 2 aromatic rings. The molecule has 3 saturated heterocycles. The monoisotopic (exact) mass is 553 g/mol. The predicted octanol–water partition coefficient (Wildman–Crippen LogP) is 5.86. The van der Waals surface area contributed by atoms with Crippen LogP contribution in [0.3, 0.4) is 0 Å². The third-order valence-corrected chi connectivity index (χ3v) is 8.37. The third-order valence-electron chi connectivity index (χ3n) is 8.37. The Morgan fingerprint density at radius 3 is 2.33 bits per heavy atom. The van der Waals surface area contributed by atoms with Crippen LogP contribution in [0.2, 0.25) is 0 Å². The second-order valence-electron chi connectivity index (χ2n) is 11.9. The number of epoxide rings is 1. The van der Waals surface area contributed by atoms with Crippen molar-refractivity contribution in [1.29, 1.82) is 0 Å². The van der Waals surface area contributed by atoms with Crippen LogP contribution in [0, 0.1) is 0 Å². The van der Waals surface area contributed by atoms with E-state index in [4.69, 9.17) is 28.5 Å². The van der Waals surface area contributed by atoms with Gasteiger partial charge in [0, 0.05) is 18.4 Å². The normalized spacial score (nSPS) is 27.8. The summed E-state index contributed by atoms with van der Waals surface area (Å²) in [6.07, 6.45) is 2.82. The number of hydrogen-bond acceptors (Lipinski definition) is 8. The first-order valence-corrected chi connectivity index (χ1v) is 14.5. The highest BCUT2D eigenvalue weighted by Gasteiger charge is 2.60. The molecule has 0 saturated carbocycles. The Balaban J connectivity index is 1.24. The fraction of sp³-hybridized carbons (Fsp3) is 0.594. The Kier molecular flexibility index (Phi) is 8.55. The van der Waals surface area contributed by atoms with Crippen molar-refractivity contribution in [1.82, 2.24) is 5.06 Å². The minimum Gasteiger partial charge on any atom is -0.491 e. The summed E-state index contributed by atoms with van der Waals surface area (Å²) in [7, 11) is 0. The molecule has 1 spiro atoms. The van der Waals surface area contributed by atoms with Crippen molar-refractivity contribution in [2.24, 2.45) is 0 Å². The summed E-state index contributed by atoms with van der Waals surface area (Å²) in [4.78, 5) is 19.2. The fourth-order valence-electron chi connectivity index (χ4n) is 6.17. The van der Waals surface area contributed by atoms with E-state index in [-0.39, 0.29) is 42.0 Å². The average molecular weight is 554 g/mol. The molecule has 3 aliphatic rings. The van der Waals surface area contributed by atoms with Crippen LogP contribution in [0.15, 0.2) is 54.6 Å². The van der Waals surface area contributed by atoms with Gasteiger partial charge in [0.1, 0.15) is 37.3 Å². The number of carbonyl (C=O) groups excluding carboxylic acids is 1. The van der Waals surface area contributed by atoms with Crippen LogP contribution in [-0.2, 0) is 23.8 Å². The molecule has 8 heteroatoms. The molecule has 4 unspecified atom stereocenters. The Labute approximate surface area is 237 Å². The maximum Gasteiger partial charge on any atom is 0.338 e. The summed E-state index contributed by atoms with van der Waals surface area (Å²) >= 11 is 0. The van der Waals surface area contributed by atoms with E-state index in [1.54, 1.807) is 12.1 Å². The van der Waals surface area contributed by atoms with Gasteiger partial charge in [-0.2, -0.15) is 5.06 Å². The van der Waals surface area contributed by atoms with Crippen molar-refractivity contribution < 1.29 is 33.3 Å². The molecule has 3 heterocycles. The molecule has 0 bridgehead atoms. The van der Waals surface area contributed by atoms with Gasteiger partial charge in [-0.3, -0.25) is 4.84 Å². The molecule has 218 valence electrons. The van der Waals surface area contributed by atoms with E-state index >= 15 is 0 Å². The predicted molar refractivity (Wildman–Crippen MR) is 150 cm³/mol. The largest absolute Gasteiger partial charge is 0.491 e. The van der Waals surface area contributed by atoms with Crippen LogP contribution in [0.1, 0.15) is 82.3 Å². The van der Waals surface area contributed by atoms with Gasteiger partial charge in [-0.1, -0.05) is 44.2 Å². The van der Waals surface area contributed by atoms with Gasteiger partial charge in [0.05, 0.1) is 24.3 Å². The van der Waals surface area contributed by atoms with Gasteiger partial charge in [0.2, 0.25) is 0 Å². The summed E-state index contributed by atoms with van der Waals surface area (Å²) in [6, 6.07) is 17.1. The van der Waals surface area contributed by atoms with Gasteiger partial charge in [-0.25, -0.2) is 4.79 Å². The second-order valence-corrected chi connectivity index (χ2v) is 11.9. The van der Waals surface area contributed by atoms with Crippen LogP contribution >= 0.6 is 0 Å². The lowest BCUT2D eigenvalue weighted by molar-refractivity contribution is -0.360. The fourth-order valence-corrected chi connectivity index (χ4v) is 6.17. The zero-order valence-electron chi connectivity index (χ0n) is 24.4.